The summed E-state index contributed by atoms with van der Waals surface area (Å²) in [6.07, 6.45) is -1.04. The van der Waals surface area contributed by atoms with Crippen molar-refractivity contribution in [2.75, 3.05) is 30.4 Å². The van der Waals surface area contributed by atoms with E-state index >= 15 is 0 Å². The number of ether oxygens (including phenoxy) is 1. The molecule has 3 aromatic carbocycles. The van der Waals surface area contributed by atoms with Gasteiger partial charge in [0.1, 0.15) is 29.2 Å². The zero-order valence-electron chi connectivity index (χ0n) is 22.2. The zero-order valence-corrected chi connectivity index (χ0v) is 23.0. The minimum Gasteiger partial charge on any atom is -0.465 e. The molecule has 1 saturated heterocycles. The number of amides is 3. The minimum atomic E-state index is -1.16. The van der Waals surface area contributed by atoms with Gasteiger partial charge >= 0.3 is 6.09 Å². The maximum Gasteiger partial charge on any atom is 0.407 e. The maximum absolute atomic E-state index is 14.2. The van der Waals surface area contributed by atoms with Gasteiger partial charge in [0.25, 0.3) is 5.91 Å². The molecule has 40 heavy (non-hydrogen) atoms. The predicted molar refractivity (Wildman–Crippen MR) is 150 cm³/mol. The van der Waals surface area contributed by atoms with E-state index in [2.05, 4.69) is 0 Å². The quantitative estimate of drug-likeness (QED) is 0.349. The molecule has 1 aliphatic heterocycles. The summed E-state index contributed by atoms with van der Waals surface area (Å²) in [5.74, 6) is -0.688. The maximum atomic E-state index is 14.2. The number of hydrogen-bond donors (Lipinski definition) is 1. The van der Waals surface area contributed by atoms with Crippen LogP contribution in [0.25, 0.3) is 0 Å². The predicted octanol–water partition coefficient (Wildman–Crippen LogP) is 5.78. The van der Waals surface area contributed by atoms with Crippen LogP contribution in [0.4, 0.5) is 14.9 Å². The van der Waals surface area contributed by atoms with Crippen molar-refractivity contribution in [3.63, 3.8) is 0 Å². The van der Waals surface area contributed by atoms with Gasteiger partial charge in [-0.1, -0.05) is 44.2 Å². The Morgan fingerprint density at radius 1 is 0.975 bits per heavy atom. The van der Waals surface area contributed by atoms with Crippen LogP contribution in [0.15, 0.2) is 78.9 Å². The van der Waals surface area contributed by atoms with E-state index in [4.69, 9.17) is 16.3 Å². The number of carbonyl (C=O) groups is 3. The summed E-state index contributed by atoms with van der Waals surface area (Å²) in [5, 5.41) is 9.66. The smallest absolute Gasteiger partial charge is 0.407 e. The van der Waals surface area contributed by atoms with Gasteiger partial charge in [-0.25, -0.2) is 9.18 Å². The lowest BCUT2D eigenvalue weighted by Crippen LogP contribution is -2.59. The van der Waals surface area contributed by atoms with Crippen LogP contribution in [0, 0.1) is 11.7 Å². The number of carbonyl (C=O) groups excluding carboxylic acids is 2. The molecule has 1 fully saturated rings. The van der Waals surface area contributed by atoms with Crippen molar-refractivity contribution in [3.05, 3.63) is 90.2 Å². The van der Waals surface area contributed by atoms with Gasteiger partial charge in [-0.2, -0.15) is 0 Å². The van der Waals surface area contributed by atoms with Crippen molar-refractivity contribution in [1.82, 2.24) is 9.80 Å². The Bertz CT molecular complexity index is 1320. The topological polar surface area (TPSA) is 90.4 Å². The number of benzene rings is 3. The van der Waals surface area contributed by atoms with Gasteiger partial charge in [0.05, 0.1) is 6.04 Å². The molecule has 10 heteroatoms. The van der Waals surface area contributed by atoms with Crippen molar-refractivity contribution in [2.24, 2.45) is 5.92 Å². The number of carboxylic acid groups (broad SMARTS) is 1. The number of anilines is 1. The van der Waals surface area contributed by atoms with Crippen molar-refractivity contribution in [1.29, 1.82) is 0 Å². The second-order valence-electron chi connectivity index (χ2n) is 9.83. The van der Waals surface area contributed by atoms with Crippen molar-refractivity contribution in [3.8, 4) is 11.5 Å². The van der Waals surface area contributed by atoms with E-state index in [0.29, 0.717) is 22.7 Å². The highest BCUT2D eigenvalue weighted by molar-refractivity contribution is 6.29. The number of piperazine rings is 1. The van der Waals surface area contributed by atoms with Gasteiger partial charge in [0, 0.05) is 25.3 Å². The normalized spacial score (nSPS) is 16.0. The highest BCUT2D eigenvalue weighted by atomic mass is 35.5. The van der Waals surface area contributed by atoms with Crippen LogP contribution in [0.1, 0.15) is 25.5 Å². The van der Waals surface area contributed by atoms with E-state index in [1.165, 1.54) is 34.1 Å². The number of nitrogens with zero attached hydrogens (tertiary/aromatic N) is 3. The largest absolute Gasteiger partial charge is 0.465 e. The van der Waals surface area contributed by atoms with Crippen LogP contribution in [0.5, 0.6) is 11.5 Å². The first-order valence-corrected chi connectivity index (χ1v) is 13.5. The molecule has 1 N–H and O–H groups in total. The summed E-state index contributed by atoms with van der Waals surface area (Å²) in [6.45, 7) is 4.24. The summed E-state index contributed by atoms with van der Waals surface area (Å²) in [7, 11) is 0. The lowest BCUT2D eigenvalue weighted by Gasteiger charge is -2.44. The summed E-state index contributed by atoms with van der Waals surface area (Å²) < 4.78 is 19.7. The molecule has 0 saturated carbocycles. The van der Waals surface area contributed by atoms with Gasteiger partial charge < -0.3 is 19.6 Å². The Kier molecular flexibility index (Phi) is 9.26. The number of para-hydroxylation sites is 1. The van der Waals surface area contributed by atoms with Gasteiger partial charge in [-0.3, -0.25) is 14.5 Å². The molecule has 0 spiro atoms. The first kappa shape index (κ1) is 28.9. The molecule has 1 unspecified atom stereocenters. The fraction of sp³-hybridized carbons (Fsp3) is 0.300. The molecule has 1 heterocycles. The molecule has 3 aromatic rings. The van der Waals surface area contributed by atoms with Crippen molar-refractivity contribution < 1.29 is 28.6 Å². The highest BCUT2D eigenvalue weighted by Gasteiger charge is 2.40. The molecule has 0 bridgehead atoms. The zero-order chi connectivity index (χ0) is 28.8. The van der Waals surface area contributed by atoms with Crippen LogP contribution >= 0.6 is 11.6 Å². The molecule has 4 rings (SSSR count). The molecule has 210 valence electrons. The van der Waals surface area contributed by atoms with E-state index in [9.17, 15) is 23.9 Å². The Balaban J connectivity index is 1.70. The standard InChI is InChI=1S/C30H31ClFN3O5/c1-20(2)26-19-33(16-17-34(26)30(38)39)29(37)28(21-8-10-22(32)11-9-21)35(27(36)18-31)23-12-14-25(15-13-23)40-24-6-4-3-5-7-24/h3-15,20,26,28H,16-19H2,1-2H3,(H,38,39)/t26-,28?/m1/s1. The Labute approximate surface area is 237 Å². The number of hydrogen-bond acceptors (Lipinski definition) is 4. The Morgan fingerprint density at radius 3 is 2.17 bits per heavy atom. The summed E-state index contributed by atoms with van der Waals surface area (Å²) in [4.78, 5) is 43.5. The van der Waals surface area contributed by atoms with Crippen LogP contribution in [-0.2, 0) is 9.59 Å². The molecule has 0 aromatic heterocycles. The molecule has 3 amide bonds. The van der Waals surface area contributed by atoms with E-state index in [-0.39, 0.29) is 25.6 Å². The first-order valence-electron chi connectivity index (χ1n) is 12.9. The monoisotopic (exact) mass is 567 g/mol. The average molecular weight is 568 g/mol. The van der Waals surface area contributed by atoms with Gasteiger partial charge in [-0.05, 0) is 60.0 Å². The van der Waals surface area contributed by atoms with E-state index < -0.39 is 41.7 Å². The SMILES string of the molecule is CC(C)[C@H]1CN(C(=O)C(c2ccc(F)cc2)N(C(=O)CCl)c2ccc(Oc3ccccc3)cc2)CCN1C(=O)O. The first-order chi connectivity index (χ1) is 19.2. The second-order valence-corrected chi connectivity index (χ2v) is 10.1. The lowest BCUT2D eigenvalue weighted by molar-refractivity contribution is -0.137. The molecular weight excluding hydrogens is 537 g/mol. The van der Waals surface area contributed by atoms with Gasteiger partial charge in [-0.15, -0.1) is 11.6 Å². The lowest BCUT2D eigenvalue weighted by atomic mass is 9.97. The third-order valence-electron chi connectivity index (χ3n) is 6.90. The fourth-order valence-corrected chi connectivity index (χ4v) is 4.97. The summed E-state index contributed by atoms with van der Waals surface area (Å²) in [6, 6.07) is 19.7. The average Bonchev–Trinajstić information content (AvgIpc) is 2.96. The van der Waals surface area contributed by atoms with Crippen molar-refractivity contribution >= 4 is 35.2 Å². The van der Waals surface area contributed by atoms with Crippen LogP contribution in [0.3, 0.4) is 0 Å². The molecular formula is C30H31ClFN3O5. The third kappa shape index (κ3) is 6.54. The van der Waals surface area contributed by atoms with Crippen LogP contribution in [0.2, 0.25) is 0 Å². The molecule has 2 atom stereocenters. The fourth-order valence-electron chi connectivity index (χ4n) is 4.84. The third-order valence-corrected chi connectivity index (χ3v) is 7.13. The van der Waals surface area contributed by atoms with E-state index in [0.717, 1.165) is 0 Å². The van der Waals surface area contributed by atoms with Gasteiger partial charge in [0.15, 0.2) is 0 Å². The summed E-state index contributed by atoms with van der Waals surface area (Å²) in [5.41, 5.74) is 0.801. The molecule has 0 radical (unpaired) electrons. The Morgan fingerprint density at radius 2 is 1.60 bits per heavy atom. The number of halogens is 2. The number of rotatable bonds is 8. The molecule has 1 aliphatic rings. The minimum absolute atomic E-state index is 0.0475. The molecule has 8 nitrogen and oxygen atoms in total. The van der Waals surface area contributed by atoms with Crippen molar-refractivity contribution in [2.45, 2.75) is 25.9 Å². The molecule has 0 aliphatic carbocycles. The van der Waals surface area contributed by atoms with Crippen LogP contribution < -0.4 is 9.64 Å². The van der Waals surface area contributed by atoms with E-state index in [1.807, 2.05) is 44.2 Å². The highest BCUT2D eigenvalue weighted by Crippen LogP contribution is 2.33. The Hall–Kier alpha value is -4.11. The number of alkyl halides is 1. The van der Waals surface area contributed by atoms with E-state index in [1.54, 1.807) is 29.2 Å². The van der Waals surface area contributed by atoms with Gasteiger partial charge in [0.2, 0.25) is 5.91 Å². The van der Waals surface area contributed by atoms with Crippen LogP contribution in [-0.4, -0.2) is 64.4 Å². The summed E-state index contributed by atoms with van der Waals surface area (Å²) >= 11 is 6.03. The second kappa shape index (κ2) is 12.8.